The first-order chi connectivity index (χ1) is 7.23. The molecule has 7 heteroatoms. The Hall–Kier alpha value is -0.920. The molecule has 0 saturated carbocycles. The van der Waals surface area contributed by atoms with Gasteiger partial charge in [-0.25, -0.2) is 22.0 Å². The van der Waals surface area contributed by atoms with Crippen LogP contribution in [0.15, 0.2) is 28.0 Å². The predicted molar refractivity (Wildman–Crippen MR) is 58.3 cm³/mol. The molecule has 1 aromatic carbocycles. The van der Waals surface area contributed by atoms with Crippen molar-refractivity contribution in [1.82, 2.24) is 0 Å². The van der Waals surface area contributed by atoms with Gasteiger partial charge in [0.1, 0.15) is 4.90 Å². The number of sulfone groups is 1. The molecule has 1 unspecified atom stereocenters. The maximum absolute atomic E-state index is 11.8. The van der Waals surface area contributed by atoms with E-state index in [1.54, 1.807) is 13.0 Å². The van der Waals surface area contributed by atoms with Crippen LogP contribution in [0.1, 0.15) is 18.4 Å². The number of nitrogens with two attached hydrogens (primary N) is 1. The fourth-order valence-corrected chi connectivity index (χ4v) is 5.36. The Labute approximate surface area is 94.2 Å². The summed E-state index contributed by atoms with van der Waals surface area (Å²) in [7, 11) is -7.53. The molecule has 0 amide bonds. The van der Waals surface area contributed by atoms with Crippen LogP contribution in [0.5, 0.6) is 0 Å². The van der Waals surface area contributed by atoms with Crippen LogP contribution in [0.3, 0.4) is 0 Å². The molecule has 1 aliphatic heterocycles. The molecule has 1 aromatic rings. The van der Waals surface area contributed by atoms with E-state index < -0.39 is 19.9 Å². The summed E-state index contributed by atoms with van der Waals surface area (Å²) in [6.07, 6.45) is 0. The van der Waals surface area contributed by atoms with Crippen molar-refractivity contribution in [3.63, 3.8) is 0 Å². The summed E-state index contributed by atoms with van der Waals surface area (Å²) < 4.78 is 46.2. The van der Waals surface area contributed by atoms with Crippen LogP contribution in [0, 0.1) is 0 Å². The highest BCUT2D eigenvalue weighted by molar-refractivity contribution is 7.93. The summed E-state index contributed by atoms with van der Waals surface area (Å²) in [4.78, 5) is -0.417. The molecule has 1 heterocycles. The van der Waals surface area contributed by atoms with Gasteiger partial charge in [0.2, 0.25) is 10.0 Å². The Morgan fingerprint density at radius 1 is 1.38 bits per heavy atom. The third-order valence-electron chi connectivity index (χ3n) is 2.63. The molecular weight excluding hydrogens is 250 g/mol. The van der Waals surface area contributed by atoms with E-state index >= 15 is 0 Å². The zero-order valence-corrected chi connectivity index (χ0v) is 10.2. The summed E-state index contributed by atoms with van der Waals surface area (Å²) in [5.74, 6) is -0.254. The monoisotopic (exact) mass is 261 g/mol. The van der Waals surface area contributed by atoms with Gasteiger partial charge in [0.05, 0.1) is 10.6 Å². The minimum atomic E-state index is -4.00. The molecular formula is C9H11NO4S2. The van der Waals surface area contributed by atoms with E-state index in [0.717, 1.165) is 0 Å². The third-order valence-corrected chi connectivity index (χ3v) is 5.73. The number of fused-ring (bicyclic) bond motifs is 1. The zero-order chi connectivity index (χ0) is 12.1. The number of hydrogen-bond donors (Lipinski definition) is 1. The van der Waals surface area contributed by atoms with Gasteiger partial charge in [-0.05, 0) is 17.5 Å². The van der Waals surface area contributed by atoms with Crippen molar-refractivity contribution in [3.8, 4) is 0 Å². The number of sulfonamides is 1. The molecule has 0 bridgehead atoms. The number of benzene rings is 1. The minimum Gasteiger partial charge on any atom is -0.225 e. The first kappa shape index (κ1) is 11.6. The van der Waals surface area contributed by atoms with E-state index in [4.69, 9.17) is 5.14 Å². The van der Waals surface area contributed by atoms with E-state index in [0.29, 0.717) is 5.56 Å². The van der Waals surface area contributed by atoms with Crippen LogP contribution >= 0.6 is 0 Å². The summed E-state index contributed by atoms with van der Waals surface area (Å²) >= 11 is 0. The van der Waals surface area contributed by atoms with Crippen LogP contribution in [-0.4, -0.2) is 22.6 Å². The normalized spacial score (nSPS) is 23.0. The fraction of sp³-hybridized carbons (Fsp3) is 0.333. The van der Waals surface area contributed by atoms with Crippen molar-refractivity contribution in [2.75, 3.05) is 5.75 Å². The van der Waals surface area contributed by atoms with Crippen molar-refractivity contribution in [1.29, 1.82) is 0 Å². The molecule has 88 valence electrons. The van der Waals surface area contributed by atoms with Crippen LogP contribution in [0.4, 0.5) is 0 Å². The van der Waals surface area contributed by atoms with Gasteiger partial charge in [-0.15, -0.1) is 0 Å². The second-order valence-corrected chi connectivity index (χ2v) is 7.40. The Morgan fingerprint density at radius 2 is 2.00 bits per heavy atom. The quantitative estimate of drug-likeness (QED) is 0.782. The SMILES string of the molecule is CC1CS(=O)(=O)c2c1cccc2S(N)(=O)=O. The maximum Gasteiger partial charge on any atom is 0.239 e. The molecule has 0 fully saturated rings. The van der Waals surface area contributed by atoms with E-state index in [1.165, 1.54) is 12.1 Å². The first-order valence-corrected chi connectivity index (χ1v) is 7.82. The van der Waals surface area contributed by atoms with Crippen molar-refractivity contribution < 1.29 is 16.8 Å². The largest absolute Gasteiger partial charge is 0.239 e. The lowest BCUT2D eigenvalue weighted by Crippen LogP contribution is -2.16. The van der Waals surface area contributed by atoms with Gasteiger partial charge in [-0.3, -0.25) is 0 Å². The van der Waals surface area contributed by atoms with Gasteiger partial charge in [0.25, 0.3) is 0 Å². The van der Waals surface area contributed by atoms with Crippen molar-refractivity contribution >= 4 is 19.9 Å². The Kier molecular flexibility index (Phi) is 2.37. The molecule has 0 saturated heterocycles. The molecule has 1 aliphatic rings. The van der Waals surface area contributed by atoms with Gasteiger partial charge in [-0.1, -0.05) is 19.1 Å². The average Bonchev–Trinajstić information content (AvgIpc) is 2.36. The van der Waals surface area contributed by atoms with Crippen LogP contribution in [0.25, 0.3) is 0 Å². The number of hydrogen-bond acceptors (Lipinski definition) is 4. The van der Waals surface area contributed by atoms with Crippen molar-refractivity contribution in [3.05, 3.63) is 23.8 Å². The van der Waals surface area contributed by atoms with Gasteiger partial charge >= 0.3 is 0 Å². The second kappa shape index (κ2) is 3.28. The highest BCUT2D eigenvalue weighted by atomic mass is 32.2. The van der Waals surface area contributed by atoms with Crippen LogP contribution in [-0.2, 0) is 19.9 Å². The molecule has 0 aromatic heterocycles. The predicted octanol–water partition coefficient (Wildman–Crippen LogP) is 0.225. The first-order valence-electron chi connectivity index (χ1n) is 4.62. The lowest BCUT2D eigenvalue weighted by Gasteiger charge is -2.05. The third kappa shape index (κ3) is 1.64. The van der Waals surface area contributed by atoms with E-state index in [9.17, 15) is 16.8 Å². The summed E-state index contributed by atoms with van der Waals surface area (Å²) in [6.45, 7) is 1.75. The molecule has 0 spiro atoms. The van der Waals surface area contributed by atoms with Crippen LogP contribution < -0.4 is 5.14 Å². The molecule has 1 atom stereocenters. The lowest BCUT2D eigenvalue weighted by atomic mass is 10.0. The van der Waals surface area contributed by atoms with Crippen molar-refractivity contribution in [2.24, 2.45) is 5.14 Å². The van der Waals surface area contributed by atoms with Gasteiger partial charge < -0.3 is 0 Å². The van der Waals surface area contributed by atoms with Gasteiger partial charge in [0.15, 0.2) is 9.84 Å². The van der Waals surface area contributed by atoms with E-state index in [2.05, 4.69) is 0 Å². The smallest absolute Gasteiger partial charge is 0.225 e. The van der Waals surface area contributed by atoms with Gasteiger partial charge in [-0.2, -0.15) is 0 Å². The Balaban J connectivity index is 2.90. The molecule has 16 heavy (non-hydrogen) atoms. The number of primary sulfonamides is 1. The Bertz CT molecular complexity index is 646. The lowest BCUT2D eigenvalue weighted by molar-refractivity contribution is 0.586. The topological polar surface area (TPSA) is 94.3 Å². The van der Waals surface area contributed by atoms with E-state index in [1.807, 2.05) is 0 Å². The molecule has 2 N–H and O–H groups in total. The fourth-order valence-electron chi connectivity index (χ4n) is 1.98. The Morgan fingerprint density at radius 3 is 2.56 bits per heavy atom. The summed E-state index contributed by atoms with van der Waals surface area (Å²) in [6, 6.07) is 4.36. The second-order valence-electron chi connectivity index (χ2n) is 3.90. The highest BCUT2D eigenvalue weighted by Crippen LogP contribution is 2.38. The summed E-state index contributed by atoms with van der Waals surface area (Å²) in [5, 5.41) is 5.00. The summed E-state index contributed by atoms with van der Waals surface area (Å²) in [5.41, 5.74) is 0.534. The molecule has 0 radical (unpaired) electrons. The average molecular weight is 261 g/mol. The van der Waals surface area contributed by atoms with Crippen molar-refractivity contribution in [2.45, 2.75) is 22.6 Å². The highest BCUT2D eigenvalue weighted by Gasteiger charge is 2.36. The molecule has 2 rings (SSSR count). The zero-order valence-electron chi connectivity index (χ0n) is 8.54. The molecule has 0 aliphatic carbocycles. The standard InChI is InChI=1S/C9H11NO4S2/c1-6-5-15(11,12)9-7(6)3-2-4-8(9)16(10,13)14/h2-4,6H,5H2,1H3,(H2,10,13,14). The molecule has 5 nitrogen and oxygen atoms in total. The maximum atomic E-state index is 11.8. The van der Waals surface area contributed by atoms with Crippen LogP contribution in [0.2, 0.25) is 0 Å². The minimum absolute atomic E-state index is 0.0606. The number of rotatable bonds is 1. The van der Waals surface area contributed by atoms with Gasteiger partial charge in [0, 0.05) is 0 Å². The van der Waals surface area contributed by atoms with E-state index in [-0.39, 0.29) is 21.5 Å².